The van der Waals surface area contributed by atoms with Crippen molar-refractivity contribution in [2.24, 2.45) is 0 Å². The summed E-state index contributed by atoms with van der Waals surface area (Å²) in [4.78, 5) is 42.0. The van der Waals surface area contributed by atoms with E-state index in [1.54, 1.807) is 37.4 Å². The minimum absolute atomic E-state index is 0.0205. The van der Waals surface area contributed by atoms with Crippen LogP contribution in [0, 0.1) is 13.8 Å². The van der Waals surface area contributed by atoms with Crippen LogP contribution in [-0.4, -0.2) is 58.5 Å². The van der Waals surface area contributed by atoms with Crippen LogP contribution in [0.25, 0.3) is 0 Å². The van der Waals surface area contributed by atoms with Crippen molar-refractivity contribution in [3.05, 3.63) is 34.9 Å². The Morgan fingerprint density at radius 1 is 1.03 bits per heavy atom. The van der Waals surface area contributed by atoms with E-state index in [1.807, 2.05) is 59.1 Å². The van der Waals surface area contributed by atoms with Gasteiger partial charge in [-0.25, -0.2) is 4.79 Å². The van der Waals surface area contributed by atoms with Gasteiger partial charge in [-0.1, -0.05) is 31.5 Å². The number of alkyl carbamates (subject to hydrolysis) is 1. The van der Waals surface area contributed by atoms with Gasteiger partial charge in [-0.05, 0) is 96.9 Å². The molecule has 0 aromatic heterocycles. The molecule has 0 spiro atoms. The Hall–Kier alpha value is -2.22. The number of aryl methyl sites for hydroxylation is 2. The Kier molecular flexibility index (Phi) is 12.8. The Labute approximate surface area is 222 Å². The summed E-state index contributed by atoms with van der Waals surface area (Å²) >= 11 is 1.59. The zero-order valence-corrected chi connectivity index (χ0v) is 24.7. The lowest BCUT2D eigenvalue weighted by molar-refractivity contribution is -0.144. The summed E-state index contributed by atoms with van der Waals surface area (Å²) in [5, 5.41) is 5.88. The minimum atomic E-state index is -0.826. The highest BCUT2D eigenvalue weighted by Crippen LogP contribution is 2.27. The van der Waals surface area contributed by atoms with Gasteiger partial charge in [0, 0.05) is 12.1 Å². The normalized spacial score (nSPS) is 14.1. The fraction of sp³-hybridized carbons (Fsp3) is 0.679. The molecular weight excluding hydrogens is 474 g/mol. The smallest absolute Gasteiger partial charge is 0.408 e. The van der Waals surface area contributed by atoms with Crippen molar-refractivity contribution in [3.8, 4) is 0 Å². The molecule has 0 bridgehead atoms. The number of benzene rings is 1. The van der Waals surface area contributed by atoms with Crippen LogP contribution in [-0.2, 0) is 14.3 Å². The summed E-state index contributed by atoms with van der Waals surface area (Å²) in [5.41, 5.74) is 2.23. The van der Waals surface area contributed by atoms with Gasteiger partial charge in [0.15, 0.2) is 0 Å². The van der Waals surface area contributed by atoms with Crippen molar-refractivity contribution < 1.29 is 19.1 Å². The molecule has 3 amide bonds. The van der Waals surface area contributed by atoms with Crippen LogP contribution in [0.5, 0.6) is 0 Å². The summed E-state index contributed by atoms with van der Waals surface area (Å²) < 4.78 is 5.43. The van der Waals surface area contributed by atoms with E-state index in [0.29, 0.717) is 12.2 Å². The fourth-order valence-corrected chi connectivity index (χ4v) is 4.47. The lowest BCUT2D eigenvalue weighted by Crippen LogP contribution is -2.55. The van der Waals surface area contributed by atoms with E-state index >= 15 is 0 Å². The molecule has 2 N–H and O–H groups in total. The van der Waals surface area contributed by atoms with Gasteiger partial charge in [-0.2, -0.15) is 11.8 Å². The number of thioether (sulfide) groups is 1. The van der Waals surface area contributed by atoms with Crippen molar-refractivity contribution in [2.75, 3.05) is 12.0 Å². The summed E-state index contributed by atoms with van der Waals surface area (Å²) in [6.07, 6.45) is 3.52. The Morgan fingerprint density at radius 2 is 1.67 bits per heavy atom. The zero-order chi connectivity index (χ0) is 27.6. The van der Waals surface area contributed by atoms with Crippen LogP contribution in [0.3, 0.4) is 0 Å². The van der Waals surface area contributed by atoms with Crippen molar-refractivity contribution >= 4 is 29.7 Å². The second kappa shape index (κ2) is 14.5. The number of nitrogens with zero attached hydrogens (tertiary/aromatic N) is 1. The van der Waals surface area contributed by atoms with Gasteiger partial charge in [0.05, 0.1) is 0 Å². The van der Waals surface area contributed by atoms with E-state index in [1.165, 1.54) is 0 Å². The summed E-state index contributed by atoms with van der Waals surface area (Å²) in [6, 6.07) is 3.93. The molecule has 0 fully saturated rings. The monoisotopic (exact) mass is 521 g/mol. The van der Waals surface area contributed by atoms with E-state index in [4.69, 9.17) is 4.74 Å². The van der Waals surface area contributed by atoms with Crippen LogP contribution in [0.15, 0.2) is 18.2 Å². The number of ether oxygens (including phenoxy) is 1. The number of carbonyl (C=O) groups excluding carboxylic acids is 3. The van der Waals surface area contributed by atoms with Crippen LogP contribution < -0.4 is 10.6 Å². The number of hydrogen-bond acceptors (Lipinski definition) is 5. The molecule has 3 unspecified atom stereocenters. The van der Waals surface area contributed by atoms with Gasteiger partial charge in [0.2, 0.25) is 11.8 Å². The van der Waals surface area contributed by atoms with E-state index in [9.17, 15) is 14.4 Å². The van der Waals surface area contributed by atoms with Gasteiger partial charge < -0.3 is 20.3 Å². The van der Waals surface area contributed by atoms with Crippen molar-refractivity contribution in [1.82, 2.24) is 15.5 Å². The predicted molar refractivity (Wildman–Crippen MR) is 149 cm³/mol. The molecule has 3 atom stereocenters. The Balaban J connectivity index is 3.48. The third-order valence-corrected chi connectivity index (χ3v) is 6.54. The van der Waals surface area contributed by atoms with Gasteiger partial charge in [0.1, 0.15) is 17.7 Å². The molecule has 0 saturated heterocycles. The summed E-state index contributed by atoms with van der Waals surface area (Å²) in [7, 11) is 0. The van der Waals surface area contributed by atoms with Crippen molar-refractivity contribution in [1.29, 1.82) is 0 Å². The zero-order valence-electron chi connectivity index (χ0n) is 23.9. The SMILES string of the molecule is CCCC(C)NC(=O)C(c1ccc(C)c(C)c1)N(C(=O)C(CCSC)NC(=O)OC(C)(C)C)C(C)C. The average Bonchev–Trinajstić information content (AvgIpc) is 2.74. The molecule has 8 heteroatoms. The van der Waals surface area contributed by atoms with Gasteiger partial charge in [0.25, 0.3) is 0 Å². The van der Waals surface area contributed by atoms with E-state index in [-0.39, 0.29) is 23.9 Å². The standard InChI is InChI=1S/C28H47N3O4S/c1-11-12-21(6)29-25(32)24(22-14-13-19(4)20(5)17-22)31(18(2)3)26(33)23(15-16-36-10)30-27(34)35-28(7,8)9/h13-14,17-18,21,23-24H,11-12,15-16H2,1-10H3,(H,29,32)(H,30,34). The van der Waals surface area contributed by atoms with Gasteiger partial charge in [-0.15, -0.1) is 0 Å². The molecular formula is C28H47N3O4S. The maximum Gasteiger partial charge on any atom is 0.408 e. The first-order valence-electron chi connectivity index (χ1n) is 12.9. The molecule has 0 radical (unpaired) electrons. The number of carbonyl (C=O) groups is 3. The van der Waals surface area contributed by atoms with Crippen LogP contribution in [0.1, 0.15) is 90.5 Å². The molecule has 0 aliphatic rings. The second-order valence-electron chi connectivity index (χ2n) is 10.8. The highest BCUT2D eigenvalue weighted by Gasteiger charge is 2.38. The van der Waals surface area contributed by atoms with Crippen LogP contribution in [0.2, 0.25) is 0 Å². The maximum absolute atomic E-state index is 14.0. The third-order valence-electron chi connectivity index (χ3n) is 5.89. The quantitative estimate of drug-likeness (QED) is 0.377. The first-order valence-corrected chi connectivity index (χ1v) is 14.3. The summed E-state index contributed by atoms with van der Waals surface area (Å²) in [5.74, 6) is 0.153. The molecule has 0 aliphatic carbocycles. The van der Waals surface area contributed by atoms with Gasteiger partial charge in [-0.3, -0.25) is 9.59 Å². The fourth-order valence-electron chi connectivity index (χ4n) is 4.00. The first kappa shape index (κ1) is 31.8. The molecule has 204 valence electrons. The largest absolute Gasteiger partial charge is 0.444 e. The first-order chi connectivity index (χ1) is 16.7. The maximum atomic E-state index is 14.0. The second-order valence-corrected chi connectivity index (χ2v) is 11.7. The highest BCUT2D eigenvalue weighted by atomic mass is 32.2. The number of amides is 3. The predicted octanol–water partition coefficient (Wildman–Crippen LogP) is 5.53. The molecule has 0 heterocycles. The molecule has 0 saturated carbocycles. The number of hydrogen-bond donors (Lipinski definition) is 2. The third kappa shape index (κ3) is 10.0. The molecule has 1 rings (SSSR count). The molecule has 36 heavy (non-hydrogen) atoms. The Morgan fingerprint density at radius 3 is 2.17 bits per heavy atom. The highest BCUT2D eigenvalue weighted by molar-refractivity contribution is 7.98. The van der Waals surface area contributed by atoms with Crippen LogP contribution >= 0.6 is 11.8 Å². The lowest BCUT2D eigenvalue weighted by atomic mass is 9.96. The minimum Gasteiger partial charge on any atom is -0.444 e. The van der Waals surface area contributed by atoms with E-state index < -0.39 is 23.8 Å². The number of rotatable bonds is 12. The van der Waals surface area contributed by atoms with E-state index in [2.05, 4.69) is 17.6 Å². The van der Waals surface area contributed by atoms with Gasteiger partial charge >= 0.3 is 6.09 Å². The number of nitrogens with one attached hydrogen (secondary N) is 2. The Bertz CT molecular complexity index is 882. The lowest BCUT2D eigenvalue weighted by Gasteiger charge is -2.38. The van der Waals surface area contributed by atoms with E-state index in [0.717, 1.165) is 29.5 Å². The average molecular weight is 522 g/mol. The van der Waals surface area contributed by atoms with Crippen LogP contribution in [0.4, 0.5) is 4.79 Å². The molecule has 0 aliphatic heterocycles. The molecule has 1 aromatic carbocycles. The van der Waals surface area contributed by atoms with Crippen molar-refractivity contribution in [2.45, 2.75) is 111 Å². The topological polar surface area (TPSA) is 87.7 Å². The summed E-state index contributed by atoms with van der Waals surface area (Å²) in [6.45, 7) is 17.2. The van der Waals surface area contributed by atoms with Crippen molar-refractivity contribution in [3.63, 3.8) is 0 Å². The molecule has 7 nitrogen and oxygen atoms in total. The molecule has 1 aromatic rings.